The van der Waals surface area contributed by atoms with Crippen molar-refractivity contribution in [1.82, 2.24) is 19.8 Å². The smallest absolute Gasteiger partial charge is 0.274 e. The molecule has 204 valence electrons. The van der Waals surface area contributed by atoms with E-state index in [2.05, 4.69) is 20.2 Å². The molecule has 0 spiro atoms. The standard InChI is InChI=1S/C29H33F2N7O/c30-29(31)8-11-38(19-29)17-20-12-22(15-34-14-20)21-4-7-26(32)25(13-21)27(33)28(39)36-23-5-6-24(35-16-23)18-37-9-2-1-3-10-37/h4-7,12-16,33H,1-3,8-11,17-19,32H2,(H,36,39). The topological polar surface area (TPSA) is 111 Å². The molecule has 10 heteroatoms. The zero-order chi connectivity index (χ0) is 27.4. The highest BCUT2D eigenvalue weighted by molar-refractivity contribution is 6.48. The normalized spacial score (nSPS) is 17.7. The molecule has 0 bridgehead atoms. The number of nitrogens with zero attached hydrogens (tertiary/aromatic N) is 4. The number of halogens is 2. The third-order valence-electron chi connectivity index (χ3n) is 7.25. The van der Waals surface area contributed by atoms with Gasteiger partial charge in [-0.1, -0.05) is 12.5 Å². The molecule has 4 N–H and O–H groups in total. The van der Waals surface area contributed by atoms with Crippen LogP contribution in [0.3, 0.4) is 0 Å². The van der Waals surface area contributed by atoms with Crippen LogP contribution in [0, 0.1) is 5.41 Å². The van der Waals surface area contributed by atoms with E-state index in [0.717, 1.165) is 42.0 Å². The fourth-order valence-electron chi connectivity index (χ4n) is 5.14. The largest absolute Gasteiger partial charge is 0.398 e. The number of alkyl halides is 2. The van der Waals surface area contributed by atoms with Gasteiger partial charge in [-0.15, -0.1) is 0 Å². The highest BCUT2D eigenvalue weighted by Crippen LogP contribution is 2.29. The average molecular weight is 534 g/mol. The first-order valence-corrected chi connectivity index (χ1v) is 13.3. The minimum atomic E-state index is -2.65. The van der Waals surface area contributed by atoms with Crippen LogP contribution in [0.2, 0.25) is 0 Å². The number of carbonyl (C=O) groups excluding carboxylic acids is 1. The van der Waals surface area contributed by atoms with Crippen LogP contribution in [-0.2, 0) is 17.9 Å². The Balaban J connectivity index is 1.25. The van der Waals surface area contributed by atoms with Crippen molar-refractivity contribution < 1.29 is 13.6 Å². The van der Waals surface area contributed by atoms with E-state index in [9.17, 15) is 13.6 Å². The van der Waals surface area contributed by atoms with Gasteiger partial charge in [-0.3, -0.25) is 30.0 Å². The Hall–Kier alpha value is -3.76. The van der Waals surface area contributed by atoms with Gasteiger partial charge >= 0.3 is 0 Å². The maximum atomic E-state index is 13.6. The molecule has 2 aromatic heterocycles. The van der Waals surface area contributed by atoms with Gasteiger partial charge in [0.15, 0.2) is 0 Å². The lowest BCUT2D eigenvalue weighted by molar-refractivity contribution is -0.110. The minimum Gasteiger partial charge on any atom is -0.398 e. The van der Waals surface area contributed by atoms with Crippen molar-refractivity contribution in [3.63, 3.8) is 0 Å². The van der Waals surface area contributed by atoms with Gasteiger partial charge < -0.3 is 11.1 Å². The first-order valence-electron chi connectivity index (χ1n) is 13.3. The van der Waals surface area contributed by atoms with E-state index in [1.54, 1.807) is 47.8 Å². The van der Waals surface area contributed by atoms with Crippen LogP contribution in [0.4, 0.5) is 20.2 Å². The lowest BCUT2D eigenvalue weighted by atomic mass is 9.99. The number of amides is 1. The number of benzene rings is 1. The number of rotatable bonds is 8. The van der Waals surface area contributed by atoms with E-state index < -0.39 is 11.8 Å². The predicted molar refractivity (Wildman–Crippen MR) is 148 cm³/mol. The Morgan fingerprint density at radius 3 is 2.51 bits per heavy atom. The fourth-order valence-corrected chi connectivity index (χ4v) is 5.14. The van der Waals surface area contributed by atoms with Crippen molar-refractivity contribution >= 4 is 23.0 Å². The Kier molecular flexibility index (Phi) is 7.94. The van der Waals surface area contributed by atoms with Gasteiger partial charge in [-0.25, -0.2) is 8.78 Å². The minimum absolute atomic E-state index is 0.134. The van der Waals surface area contributed by atoms with Crippen molar-refractivity contribution in [3.8, 4) is 11.1 Å². The van der Waals surface area contributed by atoms with Crippen LogP contribution >= 0.6 is 0 Å². The Labute approximate surface area is 226 Å². The van der Waals surface area contributed by atoms with Crippen LogP contribution in [0.1, 0.15) is 42.5 Å². The summed E-state index contributed by atoms with van der Waals surface area (Å²) < 4.78 is 27.2. The molecule has 0 saturated carbocycles. The Morgan fingerprint density at radius 1 is 0.974 bits per heavy atom. The number of pyridine rings is 2. The molecule has 2 saturated heterocycles. The summed E-state index contributed by atoms with van der Waals surface area (Å²) in [5.41, 5.74) is 10.2. The summed E-state index contributed by atoms with van der Waals surface area (Å²) in [4.78, 5) is 25.8. The molecule has 1 amide bonds. The lowest BCUT2D eigenvalue weighted by Gasteiger charge is -2.25. The highest BCUT2D eigenvalue weighted by atomic mass is 19.3. The third kappa shape index (κ3) is 6.82. The summed E-state index contributed by atoms with van der Waals surface area (Å²) >= 11 is 0. The summed E-state index contributed by atoms with van der Waals surface area (Å²) in [7, 11) is 0. The molecule has 0 unspecified atom stereocenters. The number of nitrogens with one attached hydrogen (secondary N) is 2. The van der Waals surface area contributed by atoms with E-state index >= 15 is 0 Å². The summed E-state index contributed by atoms with van der Waals surface area (Å²) in [6.07, 6.45) is 8.51. The molecule has 0 atom stereocenters. The lowest BCUT2D eigenvalue weighted by Crippen LogP contribution is -2.29. The molecular weight excluding hydrogens is 500 g/mol. The number of nitrogen functional groups attached to an aromatic ring is 1. The second kappa shape index (κ2) is 11.5. The number of piperidine rings is 1. The van der Waals surface area contributed by atoms with Crippen molar-refractivity contribution in [2.45, 2.75) is 44.7 Å². The number of aromatic nitrogens is 2. The predicted octanol–water partition coefficient (Wildman–Crippen LogP) is 4.56. The molecule has 0 radical (unpaired) electrons. The fraction of sp³-hybridized carbons (Fsp3) is 0.379. The van der Waals surface area contributed by atoms with Crippen LogP contribution in [-0.4, -0.2) is 63.5 Å². The first kappa shape index (κ1) is 26.8. The second-order valence-electron chi connectivity index (χ2n) is 10.4. The molecule has 39 heavy (non-hydrogen) atoms. The summed E-state index contributed by atoms with van der Waals surface area (Å²) in [5, 5.41) is 11.3. The van der Waals surface area contributed by atoms with Gasteiger partial charge in [-0.05, 0) is 67.4 Å². The molecule has 2 fully saturated rings. The average Bonchev–Trinajstić information content (AvgIpc) is 3.28. The zero-order valence-corrected chi connectivity index (χ0v) is 21.8. The number of nitrogens with two attached hydrogens (primary N) is 1. The van der Waals surface area contributed by atoms with Crippen molar-refractivity contribution in [2.24, 2.45) is 0 Å². The maximum Gasteiger partial charge on any atom is 0.274 e. The van der Waals surface area contributed by atoms with Gasteiger partial charge in [0.25, 0.3) is 11.8 Å². The molecule has 1 aromatic carbocycles. The van der Waals surface area contributed by atoms with Crippen molar-refractivity contribution in [1.29, 1.82) is 5.41 Å². The molecule has 2 aliphatic rings. The molecule has 5 rings (SSSR count). The van der Waals surface area contributed by atoms with E-state index in [1.165, 1.54) is 19.3 Å². The second-order valence-corrected chi connectivity index (χ2v) is 10.4. The molecular formula is C29H33F2N7O. The number of hydrogen-bond donors (Lipinski definition) is 3. The molecule has 0 aliphatic carbocycles. The number of likely N-dealkylation sites (tertiary alicyclic amines) is 2. The maximum absolute atomic E-state index is 13.6. The number of hydrogen-bond acceptors (Lipinski definition) is 7. The first-order chi connectivity index (χ1) is 18.8. The van der Waals surface area contributed by atoms with E-state index in [4.69, 9.17) is 11.1 Å². The molecule has 3 aromatic rings. The number of anilines is 2. The SMILES string of the molecule is N=C(C(=O)Nc1ccc(CN2CCCCC2)nc1)c1cc(-c2cncc(CN3CCC(F)(F)C3)c2)ccc1N. The molecule has 4 heterocycles. The van der Waals surface area contributed by atoms with Crippen LogP contribution < -0.4 is 11.1 Å². The van der Waals surface area contributed by atoms with Gasteiger partial charge in [-0.2, -0.15) is 0 Å². The third-order valence-corrected chi connectivity index (χ3v) is 7.25. The summed E-state index contributed by atoms with van der Waals surface area (Å²) in [6.45, 7) is 3.40. The van der Waals surface area contributed by atoms with Gasteiger partial charge in [0.1, 0.15) is 5.71 Å². The van der Waals surface area contributed by atoms with Crippen LogP contribution in [0.15, 0.2) is 55.0 Å². The zero-order valence-electron chi connectivity index (χ0n) is 21.8. The van der Waals surface area contributed by atoms with E-state index in [0.29, 0.717) is 30.0 Å². The van der Waals surface area contributed by atoms with Crippen LogP contribution in [0.5, 0.6) is 0 Å². The van der Waals surface area contributed by atoms with E-state index in [1.807, 2.05) is 12.1 Å². The Morgan fingerprint density at radius 2 is 1.79 bits per heavy atom. The molecule has 8 nitrogen and oxygen atoms in total. The van der Waals surface area contributed by atoms with Crippen molar-refractivity contribution in [3.05, 3.63) is 71.8 Å². The van der Waals surface area contributed by atoms with E-state index in [-0.39, 0.29) is 18.7 Å². The monoisotopic (exact) mass is 533 g/mol. The number of carbonyl (C=O) groups is 1. The summed E-state index contributed by atoms with van der Waals surface area (Å²) in [6, 6.07) is 10.7. The van der Waals surface area contributed by atoms with Crippen molar-refractivity contribution in [2.75, 3.05) is 37.2 Å². The van der Waals surface area contributed by atoms with Crippen LogP contribution in [0.25, 0.3) is 11.1 Å². The van der Waals surface area contributed by atoms with Gasteiger partial charge in [0.05, 0.1) is 24.1 Å². The summed E-state index contributed by atoms with van der Waals surface area (Å²) in [5.74, 6) is -3.24. The van der Waals surface area contributed by atoms with Gasteiger partial charge in [0, 0.05) is 55.3 Å². The molecule has 2 aliphatic heterocycles. The quantitative estimate of drug-likeness (QED) is 0.289. The Bertz CT molecular complexity index is 1340. The highest BCUT2D eigenvalue weighted by Gasteiger charge is 2.37. The van der Waals surface area contributed by atoms with Gasteiger partial charge in [0.2, 0.25) is 0 Å².